The normalized spacial score (nSPS) is 20.8. The van der Waals surface area contributed by atoms with Crippen molar-refractivity contribution in [1.29, 1.82) is 0 Å². The van der Waals surface area contributed by atoms with Crippen LogP contribution in [0.2, 0.25) is 5.02 Å². The zero-order chi connectivity index (χ0) is 15.4. The van der Waals surface area contributed by atoms with Crippen LogP contribution < -0.4 is 11.1 Å². The van der Waals surface area contributed by atoms with E-state index >= 15 is 0 Å². The number of rotatable bonds is 5. The molecule has 0 spiro atoms. The van der Waals surface area contributed by atoms with Gasteiger partial charge in [0.15, 0.2) is 0 Å². The van der Waals surface area contributed by atoms with Gasteiger partial charge >= 0.3 is 0 Å². The van der Waals surface area contributed by atoms with Gasteiger partial charge in [0, 0.05) is 12.5 Å². The first-order chi connectivity index (χ1) is 9.97. The highest BCUT2D eigenvalue weighted by Crippen LogP contribution is 2.38. The second-order valence-corrected chi connectivity index (χ2v) is 6.51. The quantitative estimate of drug-likeness (QED) is 0.748. The van der Waals surface area contributed by atoms with Crippen molar-refractivity contribution in [1.82, 2.24) is 0 Å². The van der Waals surface area contributed by atoms with E-state index in [1.807, 2.05) is 0 Å². The van der Waals surface area contributed by atoms with Gasteiger partial charge < -0.3 is 11.1 Å². The summed E-state index contributed by atoms with van der Waals surface area (Å²) in [7, 11) is 0. The van der Waals surface area contributed by atoms with Crippen LogP contribution in [-0.4, -0.2) is 17.7 Å². The van der Waals surface area contributed by atoms with Gasteiger partial charge in [0.1, 0.15) is 0 Å². The Hall–Kier alpha value is -0.560. The summed E-state index contributed by atoms with van der Waals surface area (Å²) in [5, 5.41) is 2.88. The molecule has 1 aliphatic rings. The number of benzene rings is 1. The SMILES string of the molecule is Cl.N[C@@H]1CCC[C@H]1CC(=O)Nc1cccc(Cl)c1SC(F)F. The van der Waals surface area contributed by atoms with E-state index in [0.29, 0.717) is 23.9 Å². The van der Waals surface area contributed by atoms with Gasteiger partial charge in [-0.05, 0) is 30.9 Å². The third-order valence-corrected chi connectivity index (χ3v) is 4.89. The van der Waals surface area contributed by atoms with Crippen LogP contribution in [0.25, 0.3) is 0 Å². The number of anilines is 1. The van der Waals surface area contributed by atoms with Crippen molar-refractivity contribution in [2.75, 3.05) is 5.32 Å². The Kier molecular flexibility index (Phi) is 7.89. The summed E-state index contributed by atoms with van der Waals surface area (Å²) in [6.45, 7) is 0. The summed E-state index contributed by atoms with van der Waals surface area (Å²) in [6, 6.07) is 4.76. The molecular formula is C14H18Cl2F2N2OS. The fraction of sp³-hybridized carbons (Fsp3) is 0.500. The Balaban J connectivity index is 0.00000242. The molecule has 0 aliphatic heterocycles. The largest absolute Gasteiger partial charge is 0.327 e. The molecule has 22 heavy (non-hydrogen) atoms. The maximum Gasteiger partial charge on any atom is 0.289 e. The smallest absolute Gasteiger partial charge is 0.289 e. The molecule has 8 heteroatoms. The van der Waals surface area contributed by atoms with Gasteiger partial charge in [-0.3, -0.25) is 4.79 Å². The van der Waals surface area contributed by atoms with Crippen LogP contribution in [0.1, 0.15) is 25.7 Å². The monoisotopic (exact) mass is 370 g/mol. The zero-order valence-corrected chi connectivity index (χ0v) is 14.1. The molecule has 124 valence electrons. The summed E-state index contributed by atoms with van der Waals surface area (Å²) < 4.78 is 25.1. The van der Waals surface area contributed by atoms with Gasteiger partial charge in [0.05, 0.1) is 15.6 Å². The number of alkyl halides is 2. The fourth-order valence-electron chi connectivity index (χ4n) is 2.57. The highest BCUT2D eigenvalue weighted by atomic mass is 35.5. The van der Waals surface area contributed by atoms with Crippen molar-refractivity contribution in [2.24, 2.45) is 11.7 Å². The van der Waals surface area contributed by atoms with Gasteiger partial charge in [-0.2, -0.15) is 8.78 Å². The van der Waals surface area contributed by atoms with E-state index in [1.165, 1.54) is 6.07 Å². The number of hydrogen-bond donors (Lipinski definition) is 2. The Morgan fingerprint density at radius 2 is 2.18 bits per heavy atom. The van der Waals surface area contributed by atoms with Gasteiger partial charge in [-0.1, -0.05) is 35.9 Å². The van der Waals surface area contributed by atoms with E-state index in [0.717, 1.165) is 19.3 Å². The first-order valence-electron chi connectivity index (χ1n) is 6.76. The van der Waals surface area contributed by atoms with Crippen LogP contribution in [0, 0.1) is 5.92 Å². The topological polar surface area (TPSA) is 55.1 Å². The minimum Gasteiger partial charge on any atom is -0.327 e. The number of carbonyl (C=O) groups is 1. The number of nitrogens with two attached hydrogens (primary N) is 1. The molecule has 0 unspecified atom stereocenters. The second kappa shape index (κ2) is 8.91. The molecule has 1 aliphatic carbocycles. The van der Waals surface area contributed by atoms with Crippen LogP contribution >= 0.6 is 35.8 Å². The van der Waals surface area contributed by atoms with Crippen molar-refractivity contribution in [3.8, 4) is 0 Å². The van der Waals surface area contributed by atoms with Crippen molar-refractivity contribution in [2.45, 2.75) is 42.4 Å². The molecule has 0 radical (unpaired) electrons. The third kappa shape index (κ3) is 5.26. The molecule has 2 atom stereocenters. The lowest BCUT2D eigenvalue weighted by Gasteiger charge is -2.16. The minimum absolute atomic E-state index is 0. The summed E-state index contributed by atoms with van der Waals surface area (Å²) in [5.74, 6) is -2.64. The van der Waals surface area contributed by atoms with Gasteiger partial charge in [-0.15, -0.1) is 12.4 Å². The number of halogens is 4. The molecule has 1 amide bonds. The molecular weight excluding hydrogens is 353 g/mol. The van der Waals surface area contributed by atoms with Gasteiger partial charge in [-0.25, -0.2) is 0 Å². The van der Waals surface area contributed by atoms with Crippen LogP contribution in [0.4, 0.5) is 14.5 Å². The molecule has 1 aromatic carbocycles. The van der Waals surface area contributed by atoms with Crippen LogP contribution in [0.5, 0.6) is 0 Å². The number of amides is 1. The average molecular weight is 371 g/mol. The van der Waals surface area contributed by atoms with Gasteiger partial charge in [0.2, 0.25) is 5.91 Å². The number of carbonyl (C=O) groups excluding carboxylic acids is 1. The van der Waals surface area contributed by atoms with E-state index < -0.39 is 5.76 Å². The van der Waals surface area contributed by atoms with Gasteiger partial charge in [0.25, 0.3) is 5.76 Å². The molecule has 1 saturated carbocycles. The van der Waals surface area contributed by atoms with Crippen molar-refractivity contribution >= 4 is 47.4 Å². The third-order valence-electron chi connectivity index (χ3n) is 3.61. The van der Waals surface area contributed by atoms with Crippen LogP contribution in [0.3, 0.4) is 0 Å². The zero-order valence-electron chi connectivity index (χ0n) is 11.7. The summed E-state index contributed by atoms with van der Waals surface area (Å²) >= 11 is 6.26. The van der Waals surface area contributed by atoms with Crippen molar-refractivity contribution < 1.29 is 13.6 Å². The number of thioether (sulfide) groups is 1. The number of hydrogen-bond acceptors (Lipinski definition) is 3. The number of nitrogens with one attached hydrogen (secondary N) is 1. The minimum atomic E-state index is -2.59. The van der Waals surface area contributed by atoms with E-state index in [4.69, 9.17) is 17.3 Å². The molecule has 0 heterocycles. The Bertz CT molecular complexity index is 520. The average Bonchev–Trinajstić information content (AvgIpc) is 2.79. The Morgan fingerprint density at radius 1 is 1.45 bits per heavy atom. The lowest BCUT2D eigenvalue weighted by Crippen LogP contribution is -2.28. The second-order valence-electron chi connectivity index (χ2n) is 5.10. The molecule has 3 nitrogen and oxygen atoms in total. The molecule has 0 saturated heterocycles. The first kappa shape index (κ1) is 19.5. The highest BCUT2D eigenvalue weighted by molar-refractivity contribution is 7.99. The Labute approximate surface area is 143 Å². The molecule has 2 rings (SSSR count). The standard InChI is InChI=1S/C14H17ClF2N2OS.ClH/c15-9-4-2-6-11(13(9)21-14(16)17)19-12(20)7-8-3-1-5-10(8)18;/h2,4,6,8,10,14H,1,3,5,7,18H2,(H,19,20);1H/t8-,10+;/m0./s1. The van der Waals surface area contributed by atoms with Crippen LogP contribution in [0.15, 0.2) is 23.1 Å². The maximum atomic E-state index is 12.6. The Morgan fingerprint density at radius 3 is 2.77 bits per heavy atom. The predicted molar refractivity (Wildman–Crippen MR) is 89.1 cm³/mol. The lowest BCUT2D eigenvalue weighted by atomic mass is 10.00. The molecule has 0 aromatic heterocycles. The molecule has 1 fully saturated rings. The van der Waals surface area contributed by atoms with E-state index in [-0.39, 0.29) is 40.2 Å². The van der Waals surface area contributed by atoms with E-state index in [1.54, 1.807) is 12.1 Å². The van der Waals surface area contributed by atoms with Crippen molar-refractivity contribution in [3.05, 3.63) is 23.2 Å². The molecule has 1 aromatic rings. The summed E-state index contributed by atoms with van der Waals surface area (Å²) in [5.41, 5.74) is 6.26. The molecule has 3 N–H and O–H groups in total. The fourth-order valence-corrected chi connectivity index (χ4v) is 3.49. The summed E-state index contributed by atoms with van der Waals surface area (Å²) in [6.07, 6.45) is 3.21. The maximum absolute atomic E-state index is 12.6. The highest BCUT2D eigenvalue weighted by Gasteiger charge is 2.26. The summed E-state index contributed by atoms with van der Waals surface area (Å²) in [4.78, 5) is 12.2. The van der Waals surface area contributed by atoms with E-state index in [9.17, 15) is 13.6 Å². The van der Waals surface area contributed by atoms with E-state index in [2.05, 4.69) is 5.32 Å². The lowest BCUT2D eigenvalue weighted by molar-refractivity contribution is -0.117. The predicted octanol–water partition coefficient (Wildman–Crippen LogP) is 4.53. The van der Waals surface area contributed by atoms with Crippen molar-refractivity contribution in [3.63, 3.8) is 0 Å². The van der Waals surface area contributed by atoms with Crippen LogP contribution in [-0.2, 0) is 4.79 Å². The molecule has 0 bridgehead atoms. The first-order valence-corrected chi connectivity index (χ1v) is 8.02.